The maximum Gasteiger partial charge on any atom is 0.472 e. The lowest BCUT2D eigenvalue weighted by Gasteiger charge is -2.21. The number of phosphoric acid groups is 2. The van der Waals surface area contributed by atoms with Crippen molar-refractivity contribution in [1.29, 1.82) is 0 Å². The summed E-state index contributed by atoms with van der Waals surface area (Å²) >= 11 is 0. The molecule has 0 aromatic rings. The summed E-state index contributed by atoms with van der Waals surface area (Å²) in [6, 6.07) is 0. The Labute approximate surface area is 505 Å². The molecule has 19 heteroatoms. The fraction of sp³-hybridized carbons (Fsp3) is 0.938. The third-order valence-corrected chi connectivity index (χ3v) is 16.7. The van der Waals surface area contributed by atoms with E-state index in [0.29, 0.717) is 31.6 Å². The molecule has 83 heavy (non-hydrogen) atoms. The van der Waals surface area contributed by atoms with Gasteiger partial charge in [-0.3, -0.25) is 37.3 Å². The van der Waals surface area contributed by atoms with Gasteiger partial charge in [-0.1, -0.05) is 272 Å². The van der Waals surface area contributed by atoms with Crippen molar-refractivity contribution in [1.82, 2.24) is 0 Å². The molecule has 0 aromatic heterocycles. The molecule has 0 aliphatic rings. The van der Waals surface area contributed by atoms with Gasteiger partial charge in [0.05, 0.1) is 26.4 Å². The first-order chi connectivity index (χ1) is 40.0. The molecule has 0 aliphatic carbocycles. The van der Waals surface area contributed by atoms with Crippen LogP contribution in [0.2, 0.25) is 0 Å². The van der Waals surface area contributed by atoms with Gasteiger partial charge in [-0.2, -0.15) is 0 Å². The highest BCUT2D eigenvalue weighted by atomic mass is 31.2. The molecule has 0 aliphatic heterocycles. The zero-order valence-corrected chi connectivity index (χ0v) is 55.1. The smallest absolute Gasteiger partial charge is 0.462 e. The fourth-order valence-corrected chi connectivity index (χ4v) is 11.2. The van der Waals surface area contributed by atoms with Gasteiger partial charge in [0.1, 0.15) is 19.3 Å². The minimum atomic E-state index is -4.94. The van der Waals surface area contributed by atoms with Gasteiger partial charge in [0.25, 0.3) is 0 Å². The van der Waals surface area contributed by atoms with Crippen molar-refractivity contribution >= 4 is 39.5 Å². The van der Waals surface area contributed by atoms with Crippen LogP contribution in [0.3, 0.4) is 0 Å². The zero-order valence-electron chi connectivity index (χ0n) is 53.3. The van der Waals surface area contributed by atoms with Gasteiger partial charge in [-0.15, -0.1) is 0 Å². The van der Waals surface area contributed by atoms with Crippen LogP contribution in [0.15, 0.2) is 0 Å². The summed E-state index contributed by atoms with van der Waals surface area (Å²) in [4.78, 5) is 71.9. The molecule has 0 rings (SSSR count). The van der Waals surface area contributed by atoms with Gasteiger partial charge >= 0.3 is 39.5 Å². The van der Waals surface area contributed by atoms with Gasteiger partial charge in [0.15, 0.2) is 12.2 Å². The Bertz CT molecular complexity index is 1620. The average molecular weight is 1230 g/mol. The molecule has 0 spiro atoms. The van der Waals surface area contributed by atoms with Crippen LogP contribution in [0.4, 0.5) is 0 Å². The van der Waals surface area contributed by atoms with Crippen molar-refractivity contribution in [2.45, 2.75) is 342 Å². The first kappa shape index (κ1) is 81.1. The Kier molecular flexibility index (Phi) is 56.4. The van der Waals surface area contributed by atoms with Gasteiger partial charge in [-0.05, 0) is 31.6 Å². The van der Waals surface area contributed by atoms with Crippen LogP contribution in [0, 0.1) is 5.92 Å². The molecule has 2 unspecified atom stereocenters. The van der Waals surface area contributed by atoms with E-state index in [-0.39, 0.29) is 25.7 Å². The Morgan fingerprint density at radius 1 is 0.325 bits per heavy atom. The summed E-state index contributed by atoms with van der Waals surface area (Å²) in [6.45, 7) is 7.02. The number of esters is 4. The number of unbranched alkanes of at least 4 members (excludes halogenated alkanes) is 36. The van der Waals surface area contributed by atoms with Crippen molar-refractivity contribution in [3.05, 3.63) is 0 Å². The first-order valence-electron chi connectivity index (χ1n) is 33.6. The zero-order chi connectivity index (χ0) is 61.3. The number of hydrogen-bond acceptors (Lipinski definition) is 15. The van der Waals surface area contributed by atoms with Gasteiger partial charge in [0.2, 0.25) is 0 Å². The van der Waals surface area contributed by atoms with Crippen molar-refractivity contribution in [2.24, 2.45) is 5.92 Å². The monoisotopic (exact) mass is 1230 g/mol. The summed E-state index contributed by atoms with van der Waals surface area (Å²) in [5.74, 6) is -1.48. The van der Waals surface area contributed by atoms with Crippen molar-refractivity contribution in [2.75, 3.05) is 39.6 Å². The molecule has 17 nitrogen and oxygen atoms in total. The Morgan fingerprint density at radius 3 is 0.819 bits per heavy atom. The summed E-state index contributed by atoms with van der Waals surface area (Å²) in [7, 11) is -9.88. The number of carbonyl (C=O) groups is 4. The molecule has 3 N–H and O–H groups in total. The number of aliphatic hydroxyl groups excluding tert-OH is 1. The van der Waals surface area contributed by atoms with E-state index < -0.39 is 97.5 Å². The standard InChI is InChI=1S/C64H124O17P2/c1-6-9-12-15-17-19-21-23-24-25-26-27-29-31-33-39-44-49-63(68)80-60(54-75-62(67)48-43-38-32-30-28-22-20-18-16-13-10-7-2)56-79-83(72,73)77-52-58(65)51-76-82(70,71)78-55-59(53-74-61(66)47-42-36-14-11-8-3)81-64(69)50-45-40-35-34-37-41-46-57(4)5/h57-60,65H,6-56H2,1-5H3,(H,70,71)(H,72,73)/t58-,59+,60+/m0/s1. The Morgan fingerprint density at radius 2 is 0.554 bits per heavy atom. The van der Waals surface area contributed by atoms with E-state index in [0.717, 1.165) is 96.3 Å². The van der Waals surface area contributed by atoms with Crippen LogP contribution in [0.5, 0.6) is 0 Å². The predicted molar refractivity (Wildman–Crippen MR) is 331 cm³/mol. The molecule has 0 amide bonds. The van der Waals surface area contributed by atoms with Crippen LogP contribution in [0.1, 0.15) is 324 Å². The maximum atomic E-state index is 13.0. The van der Waals surface area contributed by atoms with Gasteiger partial charge in [0, 0.05) is 25.7 Å². The Hall–Kier alpha value is -1.94. The van der Waals surface area contributed by atoms with E-state index in [2.05, 4.69) is 34.6 Å². The molecule has 0 heterocycles. The van der Waals surface area contributed by atoms with Crippen LogP contribution >= 0.6 is 15.6 Å². The third-order valence-electron chi connectivity index (χ3n) is 14.8. The second-order valence-electron chi connectivity index (χ2n) is 23.6. The van der Waals surface area contributed by atoms with Crippen molar-refractivity contribution in [3.8, 4) is 0 Å². The third kappa shape index (κ3) is 58.8. The highest BCUT2D eigenvalue weighted by molar-refractivity contribution is 7.47. The topological polar surface area (TPSA) is 237 Å². The van der Waals surface area contributed by atoms with Crippen molar-refractivity contribution in [3.63, 3.8) is 0 Å². The fourth-order valence-electron chi connectivity index (χ4n) is 9.58. The van der Waals surface area contributed by atoms with Crippen molar-refractivity contribution < 1.29 is 80.2 Å². The summed E-state index contributed by atoms with van der Waals surface area (Å²) in [5, 5.41) is 10.5. The van der Waals surface area contributed by atoms with E-state index >= 15 is 0 Å². The highest BCUT2D eigenvalue weighted by Gasteiger charge is 2.30. The summed E-state index contributed by atoms with van der Waals surface area (Å²) in [6.07, 6.45) is 42.2. The molecule has 5 atom stereocenters. The Balaban J connectivity index is 5.15. The molecule has 0 bridgehead atoms. The quantitative estimate of drug-likeness (QED) is 0.0222. The molecule has 492 valence electrons. The molecule has 0 fully saturated rings. The second-order valence-corrected chi connectivity index (χ2v) is 26.5. The van der Waals surface area contributed by atoms with E-state index in [1.165, 1.54) is 141 Å². The number of rotatable bonds is 64. The average Bonchev–Trinajstić information content (AvgIpc) is 3.47. The van der Waals surface area contributed by atoms with Crippen LogP contribution < -0.4 is 0 Å². The van der Waals surface area contributed by atoms with Crippen LogP contribution in [0.25, 0.3) is 0 Å². The lowest BCUT2D eigenvalue weighted by molar-refractivity contribution is -0.161. The van der Waals surface area contributed by atoms with E-state index in [9.17, 15) is 43.2 Å². The van der Waals surface area contributed by atoms with E-state index in [4.69, 9.17) is 37.0 Å². The largest absolute Gasteiger partial charge is 0.472 e. The van der Waals surface area contributed by atoms with Gasteiger partial charge in [-0.25, -0.2) is 9.13 Å². The molecular weight excluding hydrogens is 1100 g/mol. The maximum absolute atomic E-state index is 13.0. The van der Waals surface area contributed by atoms with E-state index in [1.807, 2.05) is 0 Å². The molecule has 0 aromatic carbocycles. The minimum absolute atomic E-state index is 0.101. The number of carbonyl (C=O) groups excluding carboxylic acids is 4. The number of ether oxygens (including phenoxy) is 4. The number of aliphatic hydroxyl groups is 1. The van der Waals surface area contributed by atoms with Gasteiger partial charge < -0.3 is 33.8 Å². The second kappa shape index (κ2) is 57.8. The molecular formula is C64H124O17P2. The summed E-state index contributed by atoms with van der Waals surface area (Å²) < 4.78 is 67.8. The minimum Gasteiger partial charge on any atom is -0.462 e. The van der Waals surface area contributed by atoms with Crippen LogP contribution in [-0.2, 0) is 65.4 Å². The number of hydrogen-bond donors (Lipinski definition) is 3. The molecule has 0 saturated heterocycles. The number of phosphoric ester groups is 2. The first-order valence-corrected chi connectivity index (χ1v) is 36.6. The van der Waals surface area contributed by atoms with Crippen LogP contribution in [-0.4, -0.2) is 96.7 Å². The molecule has 0 saturated carbocycles. The predicted octanol–water partition coefficient (Wildman–Crippen LogP) is 17.8. The SMILES string of the molecule is CCCCCCCCCCCCCCCCCCCC(=O)O[C@H](COC(=O)CCCCCCCCCCCCCC)COP(=O)(O)OC[C@@H](O)COP(=O)(O)OC[C@@H](COC(=O)CCCCCCC)OC(=O)CCCCCCCCC(C)C. The lowest BCUT2D eigenvalue weighted by Crippen LogP contribution is -2.30. The molecule has 0 radical (unpaired) electrons. The summed E-state index contributed by atoms with van der Waals surface area (Å²) in [5.41, 5.74) is 0. The lowest BCUT2D eigenvalue weighted by atomic mass is 10.0. The van der Waals surface area contributed by atoms with E-state index in [1.54, 1.807) is 0 Å². The highest BCUT2D eigenvalue weighted by Crippen LogP contribution is 2.45. The normalized spacial score (nSPS) is 14.2.